The third-order valence-corrected chi connectivity index (χ3v) is 6.66. The molecule has 15 heteroatoms. The summed E-state index contributed by atoms with van der Waals surface area (Å²) in [6.07, 6.45) is 0. The van der Waals surface area contributed by atoms with Gasteiger partial charge in [0.2, 0.25) is 5.82 Å². The average molecular weight is 477 g/mol. The predicted molar refractivity (Wildman–Crippen MR) is 88.7 cm³/mol. The van der Waals surface area contributed by atoms with Crippen LogP contribution in [0.1, 0.15) is 0 Å². The number of methoxy groups -OCH3 is 1. The molecule has 30 heavy (non-hydrogen) atoms. The Morgan fingerprint density at radius 2 is 1.33 bits per heavy atom. The molecule has 0 aliphatic carbocycles. The zero-order valence-corrected chi connectivity index (χ0v) is 16.4. The van der Waals surface area contributed by atoms with Gasteiger partial charge >= 0.3 is 10.0 Å². The Morgan fingerprint density at radius 1 is 0.867 bits per heavy atom. The molecule has 0 bridgehead atoms. The summed E-state index contributed by atoms with van der Waals surface area (Å²) in [4.78, 5) is -2.71. The minimum atomic E-state index is -5.68. The minimum Gasteiger partial charge on any atom is -0.618 e. The lowest BCUT2D eigenvalue weighted by Gasteiger charge is -2.22. The molecule has 0 heterocycles. The molecule has 0 aliphatic heterocycles. The Labute approximate surface area is 167 Å². The normalized spacial score (nSPS) is 13.3. The quantitative estimate of drug-likeness (QED) is 0.197. The van der Waals surface area contributed by atoms with Crippen molar-refractivity contribution in [3.05, 3.63) is 58.6 Å². The van der Waals surface area contributed by atoms with Gasteiger partial charge < -0.3 is 9.94 Å². The van der Waals surface area contributed by atoms with Crippen LogP contribution in [0, 0.1) is 34.3 Å². The van der Waals surface area contributed by atoms with Crippen LogP contribution in [0.5, 0.6) is 5.75 Å². The molecule has 0 amide bonds. The topological polar surface area (TPSA) is 114 Å². The van der Waals surface area contributed by atoms with Crippen molar-refractivity contribution >= 4 is 20.1 Å². The highest BCUT2D eigenvalue weighted by Crippen LogP contribution is 2.25. The summed E-state index contributed by atoms with van der Waals surface area (Å²) in [5, 5.41) is 11.8. The first-order valence-corrected chi connectivity index (χ1v) is 10.6. The maximum atomic E-state index is 13.7. The predicted octanol–water partition coefficient (Wildman–Crippen LogP) is 0.868. The van der Waals surface area contributed by atoms with Gasteiger partial charge in [-0.25, -0.2) is 22.0 Å². The number of hydrogen-bond acceptors (Lipinski definition) is 7. The van der Waals surface area contributed by atoms with Crippen molar-refractivity contribution in [1.29, 1.82) is 0 Å². The Hall–Kier alpha value is -2.33. The first-order valence-electron chi connectivity index (χ1n) is 7.67. The standard InChI is InChI=1S/C15H12F5NO7S2/c1-27-8-2-4-9(5-3-8)30(25,26)28-7-6-21(22)29(23,24)15-13(19)11(17)10(16)12(18)14(15)20/h2-5,21H,6-7H2,1H3. The third kappa shape index (κ3) is 4.54. The van der Waals surface area contributed by atoms with Crippen LogP contribution in [0.2, 0.25) is 0 Å². The van der Waals surface area contributed by atoms with Gasteiger partial charge in [0.15, 0.2) is 28.2 Å². The summed E-state index contributed by atoms with van der Waals surface area (Å²) in [5.74, 6) is -12.8. The number of hydrogen-bond donors (Lipinski definition) is 1. The fraction of sp³-hybridized carbons (Fsp3) is 0.200. The molecule has 1 atom stereocenters. The monoisotopic (exact) mass is 477 g/mol. The minimum absolute atomic E-state index is 0.318. The summed E-state index contributed by atoms with van der Waals surface area (Å²) in [7, 11) is -8.80. The van der Waals surface area contributed by atoms with Crippen molar-refractivity contribution in [1.82, 2.24) is 0 Å². The molecule has 0 saturated heterocycles. The van der Waals surface area contributed by atoms with Gasteiger partial charge in [-0.2, -0.15) is 16.8 Å². The number of ether oxygens (including phenoxy) is 1. The molecule has 2 aromatic carbocycles. The Bertz CT molecular complexity index is 1130. The lowest BCUT2D eigenvalue weighted by Crippen LogP contribution is -3.09. The van der Waals surface area contributed by atoms with Crippen molar-refractivity contribution in [3.8, 4) is 5.75 Å². The van der Waals surface area contributed by atoms with Crippen molar-refractivity contribution < 1.29 is 52.2 Å². The first-order chi connectivity index (χ1) is 13.8. The highest BCUT2D eigenvalue weighted by atomic mass is 32.2. The van der Waals surface area contributed by atoms with Crippen molar-refractivity contribution in [2.75, 3.05) is 20.3 Å². The zero-order valence-electron chi connectivity index (χ0n) is 14.8. The number of nitrogens with one attached hydrogen (secondary N) is 1. The molecule has 0 fully saturated rings. The molecule has 1 unspecified atom stereocenters. The summed E-state index contributed by atoms with van der Waals surface area (Å²) >= 11 is 0. The van der Waals surface area contributed by atoms with E-state index in [1.807, 2.05) is 0 Å². The number of halogens is 5. The van der Waals surface area contributed by atoms with Crippen molar-refractivity contribution in [2.24, 2.45) is 0 Å². The van der Waals surface area contributed by atoms with E-state index in [1.165, 1.54) is 19.2 Å². The molecule has 0 radical (unpaired) electrons. The van der Waals surface area contributed by atoms with Crippen LogP contribution < -0.4 is 9.21 Å². The van der Waals surface area contributed by atoms with E-state index in [2.05, 4.69) is 4.18 Å². The van der Waals surface area contributed by atoms with E-state index in [0.717, 1.165) is 12.1 Å². The van der Waals surface area contributed by atoms with E-state index in [1.54, 1.807) is 0 Å². The van der Waals surface area contributed by atoms with Crippen LogP contribution in [0.25, 0.3) is 0 Å². The van der Waals surface area contributed by atoms with Gasteiger partial charge in [-0.05, 0) is 24.3 Å². The summed E-state index contributed by atoms with van der Waals surface area (Å²) < 4.78 is 122. The van der Waals surface area contributed by atoms with E-state index in [9.17, 15) is 44.0 Å². The van der Waals surface area contributed by atoms with Gasteiger partial charge in [-0.3, -0.25) is 8.65 Å². The molecule has 0 saturated carbocycles. The van der Waals surface area contributed by atoms with Crippen LogP contribution in [0.4, 0.5) is 22.0 Å². The van der Waals surface area contributed by atoms with Crippen molar-refractivity contribution in [2.45, 2.75) is 9.79 Å². The van der Waals surface area contributed by atoms with Gasteiger partial charge in [0.05, 0.1) is 12.0 Å². The Balaban J connectivity index is 2.19. The van der Waals surface area contributed by atoms with Gasteiger partial charge in [0.1, 0.15) is 18.9 Å². The highest BCUT2D eigenvalue weighted by molar-refractivity contribution is 7.86. The van der Waals surface area contributed by atoms with E-state index in [4.69, 9.17) is 4.74 Å². The molecular weight excluding hydrogens is 465 g/mol. The van der Waals surface area contributed by atoms with Crippen LogP contribution >= 0.6 is 0 Å². The second-order valence-electron chi connectivity index (χ2n) is 5.48. The van der Waals surface area contributed by atoms with E-state index in [0.29, 0.717) is 5.75 Å². The molecule has 2 aromatic rings. The van der Waals surface area contributed by atoms with Gasteiger partial charge in [0.25, 0.3) is 10.1 Å². The van der Waals surface area contributed by atoms with E-state index < -0.39 is 71.7 Å². The van der Waals surface area contributed by atoms with Crippen LogP contribution in [-0.4, -0.2) is 37.1 Å². The molecule has 2 rings (SSSR count). The average Bonchev–Trinajstić information content (AvgIpc) is 2.70. The fourth-order valence-electron chi connectivity index (χ4n) is 2.11. The maximum absolute atomic E-state index is 13.7. The number of hydroxylamine groups is 1. The maximum Gasteiger partial charge on any atom is 0.331 e. The van der Waals surface area contributed by atoms with Crippen LogP contribution in [0.3, 0.4) is 0 Å². The smallest absolute Gasteiger partial charge is 0.331 e. The summed E-state index contributed by atoms with van der Waals surface area (Å²) in [5.41, 5.74) is 0. The third-order valence-electron chi connectivity index (χ3n) is 3.63. The first kappa shape index (κ1) is 23.9. The Kier molecular flexibility index (Phi) is 7.03. The lowest BCUT2D eigenvalue weighted by atomic mass is 10.3. The molecular formula is C15H12F5NO7S2. The fourth-order valence-corrected chi connectivity index (χ4v) is 4.25. The molecule has 1 N–H and O–H groups in total. The molecule has 0 aromatic heterocycles. The molecule has 0 aliphatic rings. The van der Waals surface area contributed by atoms with E-state index >= 15 is 0 Å². The summed E-state index contributed by atoms with van der Waals surface area (Å²) in [6, 6.07) is 4.72. The summed E-state index contributed by atoms with van der Waals surface area (Å²) in [6.45, 7) is -2.33. The number of sulfonamides is 1. The van der Waals surface area contributed by atoms with Gasteiger partial charge in [-0.15, -0.1) is 0 Å². The largest absolute Gasteiger partial charge is 0.618 e. The van der Waals surface area contributed by atoms with Crippen LogP contribution in [-0.2, 0) is 24.3 Å². The van der Waals surface area contributed by atoms with Crippen LogP contribution in [0.15, 0.2) is 34.1 Å². The van der Waals surface area contributed by atoms with Gasteiger partial charge in [0, 0.05) is 0 Å². The highest BCUT2D eigenvalue weighted by Gasteiger charge is 2.37. The molecule has 0 spiro atoms. The Morgan fingerprint density at radius 3 is 1.80 bits per heavy atom. The zero-order chi connectivity index (χ0) is 22.9. The van der Waals surface area contributed by atoms with E-state index in [-0.39, 0.29) is 4.90 Å². The molecule has 8 nitrogen and oxygen atoms in total. The second-order valence-corrected chi connectivity index (χ2v) is 8.96. The second kappa shape index (κ2) is 8.81. The van der Waals surface area contributed by atoms with Crippen molar-refractivity contribution in [3.63, 3.8) is 0 Å². The molecule has 166 valence electrons. The van der Waals surface area contributed by atoms with Gasteiger partial charge in [-0.1, -0.05) is 0 Å². The number of rotatable bonds is 8. The number of quaternary nitrogens is 1. The SMILES string of the molecule is COc1ccc(S(=O)(=O)OCC[NH+]([O-])S(=O)(=O)c2c(F)c(F)c(F)c(F)c2F)cc1. The lowest BCUT2D eigenvalue weighted by molar-refractivity contribution is -0.708. The number of benzene rings is 2.